The van der Waals surface area contributed by atoms with Crippen molar-refractivity contribution in [2.45, 2.75) is 25.5 Å². The van der Waals surface area contributed by atoms with Gasteiger partial charge in [0.15, 0.2) is 0 Å². The first-order valence-electron chi connectivity index (χ1n) is 6.13. The van der Waals surface area contributed by atoms with Crippen molar-refractivity contribution in [2.24, 2.45) is 5.73 Å². The molecule has 0 bridgehead atoms. The third kappa shape index (κ3) is 4.48. The van der Waals surface area contributed by atoms with Crippen LogP contribution in [0.25, 0.3) is 0 Å². The molecule has 0 aromatic rings. The van der Waals surface area contributed by atoms with Gasteiger partial charge in [-0.15, -0.1) is 0 Å². The number of thiocarbonyl (C=S) groups is 1. The fraction of sp³-hybridized carbons (Fsp3) is 0.909. The SMILES string of the molecule is CCC(C(N)=S)N1CCN(CC(O)CO)CC1. The summed E-state index contributed by atoms with van der Waals surface area (Å²) in [4.78, 5) is 5.02. The van der Waals surface area contributed by atoms with Gasteiger partial charge in [-0.25, -0.2) is 0 Å². The van der Waals surface area contributed by atoms with E-state index >= 15 is 0 Å². The van der Waals surface area contributed by atoms with Crippen molar-refractivity contribution >= 4 is 17.2 Å². The summed E-state index contributed by atoms with van der Waals surface area (Å²) in [7, 11) is 0. The molecule has 0 amide bonds. The molecule has 0 saturated carbocycles. The zero-order valence-corrected chi connectivity index (χ0v) is 11.2. The minimum Gasteiger partial charge on any atom is -0.394 e. The van der Waals surface area contributed by atoms with Gasteiger partial charge in [-0.3, -0.25) is 9.80 Å². The van der Waals surface area contributed by atoms with Crippen molar-refractivity contribution in [1.29, 1.82) is 0 Å². The van der Waals surface area contributed by atoms with Crippen LogP contribution < -0.4 is 5.73 Å². The van der Waals surface area contributed by atoms with Crippen LogP contribution in [0.4, 0.5) is 0 Å². The Labute approximate surface area is 108 Å². The quantitative estimate of drug-likeness (QED) is 0.534. The minimum atomic E-state index is -0.640. The third-order valence-electron chi connectivity index (χ3n) is 3.24. The molecule has 0 aromatic carbocycles. The Bertz CT molecular complexity index is 245. The molecule has 2 unspecified atom stereocenters. The van der Waals surface area contributed by atoms with Gasteiger partial charge in [-0.1, -0.05) is 19.1 Å². The maximum atomic E-state index is 9.37. The molecule has 100 valence electrons. The van der Waals surface area contributed by atoms with Crippen molar-refractivity contribution in [3.63, 3.8) is 0 Å². The van der Waals surface area contributed by atoms with Crippen LogP contribution >= 0.6 is 12.2 Å². The number of hydrogen-bond donors (Lipinski definition) is 3. The lowest BCUT2D eigenvalue weighted by Gasteiger charge is -2.39. The van der Waals surface area contributed by atoms with Gasteiger partial charge in [0.2, 0.25) is 0 Å². The first-order chi connectivity index (χ1) is 8.08. The van der Waals surface area contributed by atoms with E-state index in [1.807, 2.05) is 0 Å². The molecule has 1 heterocycles. The van der Waals surface area contributed by atoms with Crippen molar-refractivity contribution < 1.29 is 10.2 Å². The topological polar surface area (TPSA) is 73.0 Å². The molecule has 6 heteroatoms. The molecule has 0 spiro atoms. The Morgan fingerprint density at radius 2 is 1.94 bits per heavy atom. The van der Waals surface area contributed by atoms with Gasteiger partial charge < -0.3 is 15.9 Å². The highest BCUT2D eigenvalue weighted by Crippen LogP contribution is 2.10. The lowest BCUT2D eigenvalue weighted by atomic mass is 10.1. The van der Waals surface area contributed by atoms with Gasteiger partial charge in [0.25, 0.3) is 0 Å². The molecule has 17 heavy (non-hydrogen) atoms. The smallest absolute Gasteiger partial charge is 0.0901 e. The molecule has 0 radical (unpaired) electrons. The Balaban J connectivity index is 2.37. The summed E-state index contributed by atoms with van der Waals surface area (Å²) >= 11 is 5.06. The number of hydrogen-bond acceptors (Lipinski definition) is 5. The number of β-amino-alcohol motifs (C(OH)–C–C–N with tert-alkyl or cyclic N) is 1. The third-order valence-corrected chi connectivity index (χ3v) is 3.51. The summed E-state index contributed by atoms with van der Waals surface area (Å²) in [6, 6.07) is 0.190. The predicted octanol–water partition coefficient (Wildman–Crippen LogP) is -0.978. The Hall–Kier alpha value is -0.270. The average molecular weight is 261 g/mol. The molecule has 0 aliphatic carbocycles. The molecule has 5 nitrogen and oxygen atoms in total. The summed E-state index contributed by atoms with van der Waals surface area (Å²) in [5, 5.41) is 18.2. The van der Waals surface area contributed by atoms with Crippen molar-refractivity contribution in [1.82, 2.24) is 9.80 Å². The molecular formula is C11H23N3O2S. The molecule has 1 saturated heterocycles. The highest BCUT2D eigenvalue weighted by Gasteiger charge is 2.24. The summed E-state index contributed by atoms with van der Waals surface area (Å²) in [6.07, 6.45) is 0.299. The number of aliphatic hydroxyl groups is 2. The number of aliphatic hydroxyl groups excluding tert-OH is 2. The van der Waals surface area contributed by atoms with E-state index in [2.05, 4.69) is 16.7 Å². The largest absolute Gasteiger partial charge is 0.394 e. The van der Waals surface area contributed by atoms with Gasteiger partial charge in [-0.05, 0) is 6.42 Å². The molecule has 1 fully saturated rings. The standard InChI is InChI=1S/C11H23N3O2S/c1-2-10(11(12)17)14-5-3-13(4-6-14)7-9(16)8-15/h9-10,15-16H,2-8H2,1H3,(H2,12,17). The maximum absolute atomic E-state index is 9.37. The van der Waals surface area contributed by atoms with Crippen LogP contribution in [0.3, 0.4) is 0 Å². The second kappa shape index (κ2) is 7.23. The Morgan fingerprint density at radius 3 is 2.35 bits per heavy atom. The average Bonchev–Trinajstić information content (AvgIpc) is 2.31. The molecule has 1 rings (SSSR count). The number of rotatable bonds is 6. The highest BCUT2D eigenvalue weighted by atomic mass is 32.1. The van der Waals surface area contributed by atoms with Crippen molar-refractivity contribution in [3.05, 3.63) is 0 Å². The van der Waals surface area contributed by atoms with Crippen LogP contribution in [-0.4, -0.2) is 76.5 Å². The van der Waals surface area contributed by atoms with E-state index in [1.165, 1.54) is 0 Å². The Morgan fingerprint density at radius 1 is 1.35 bits per heavy atom. The number of nitrogens with two attached hydrogens (primary N) is 1. The lowest BCUT2D eigenvalue weighted by molar-refractivity contribution is 0.0362. The second-order valence-electron chi connectivity index (χ2n) is 4.50. The van der Waals surface area contributed by atoms with Crippen LogP contribution in [-0.2, 0) is 0 Å². The van der Waals surface area contributed by atoms with E-state index in [0.717, 1.165) is 32.6 Å². The van der Waals surface area contributed by atoms with Crippen LogP contribution in [0, 0.1) is 0 Å². The molecule has 1 aliphatic rings. The molecule has 1 aliphatic heterocycles. The van der Waals surface area contributed by atoms with Crippen molar-refractivity contribution in [2.75, 3.05) is 39.3 Å². The summed E-state index contributed by atoms with van der Waals surface area (Å²) in [5.41, 5.74) is 5.72. The first-order valence-corrected chi connectivity index (χ1v) is 6.54. The summed E-state index contributed by atoms with van der Waals surface area (Å²) < 4.78 is 0. The van der Waals surface area contributed by atoms with Gasteiger partial charge in [0.05, 0.1) is 23.7 Å². The van der Waals surface area contributed by atoms with E-state index < -0.39 is 6.10 Å². The predicted molar refractivity (Wildman–Crippen MR) is 72.0 cm³/mol. The van der Waals surface area contributed by atoms with Crippen LogP contribution in [0.5, 0.6) is 0 Å². The van der Waals surface area contributed by atoms with Gasteiger partial charge in [0, 0.05) is 32.7 Å². The minimum absolute atomic E-state index is 0.176. The van der Waals surface area contributed by atoms with Crippen LogP contribution in [0.2, 0.25) is 0 Å². The van der Waals surface area contributed by atoms with Crippen molar-refractivity contribution in [3.8, 4) is 0 Å². The molecule has 0 aromatic heterocycles. The summed E-state index contributed by atoms with van der Waals surface area (Å²) in [6.45, 7) is 6.04. The fourth-order valence-electron chi connectivity index (χ4n) is 2.25. The normalized spacial score (nSPS) is 22.3. The maximum Gasteiger partial charge on any atom is 0.0901 e. The number of piperazine rings is 1. The highest BCUT2D eigenvalue weighted by molar-refractivity contribution is 7.80. The monoisotopic (exact) mass is 261 g/mol. The van der Waals surface area contributed by atoms with Gasteiger partial charge in [0.1, 0.15) is 0 Å². The molecule has 2 atom stereocenters. The van der Waals surface area contributed by atoms with E-state index in [-0.39, 0.29) is 12.6 Å². The zero-order valence-electron chi connectivity index (χ0n) is 10.4. The molecule has 4 N–H and O–H groups in total. The van der Waals surface area contributed by atoms with E-state index in [1.54, 1.807) is 0 Å². The fourth-order valence-corrected chi connectivity index (χ4v) is 2.57. The van der Waals surface area contributed by atoms with E-state index in [0.29, 0.717) is 11.5 Å². The molecular weight excluding hydrogens is 238 g/mol. The van der Waals surface area contributed by atoms with Gasteiger partial charge >= 0.3 is 0 Å². The zero-order chi connectivity index (χ0) is 12.8. The first kappa shape index (κ1) is 14.8. The Kier molecular flexibility index (Phi) is 6.29. The van der Waals surface area contributed by atoms with E-state index in [9.17, 15) is 5.11 Å². The lowest BCUT2D eigenvalue weighted by Crippen LogP contribution is -2.54. The summed E-state index contributed by atoms with van der Waals surface area (Å²) in [5.74, 6) is 0. The van der Waals surface area contributed by atoms with Gasteiger partial charge in [-0.2, -0.15) is 0 Å². The van der Waals surface area contributed by atoms with E-state index in [4.69, 9.17) is 23.1 Å². The van der Waals surface area contributed by atoms with Crippen LogP contribution in [0.1, 0.15) is 13.3 Å². The number of nitrogens with zero attached hydrogens (tertiary/aromatic N) is 2. The van der Waals surface area contributed by atoms with Crippen LogP contribution in [0.15, 0.2) is 0 Å². The second-order valence-corrected chi connectivity index (χ2v) is 4.97.